The molecule has 0 aliphatic heterocycles. The van der Waals surface area contributed by atoms with Gasteiger partial charge in [0.05, 0.1) is 12.3 Å². The number of aryl methyl sites for hydroxylation is 1. The molecule has 96 valence electrons. The Labute approximate surface area is 110 Å². The van der Waals surface area contributed by atoms with Crippen molar-refractivity contribution in [1.29, 1.82) is 0 Å². The first-order chi connectivity index (χ1) is 8.70. The van der Waals surface area contributed by atoms with Crippen LogP contribution < -0.4 is 10.5 Å². The lowest BCUT2D eigenvalue weighted by atomic mass is 10.4. The molecule has 0 aromatic carbocycles. The van der Waals surface area contributed by atoms with E-state index in [2.05, 4.69) is 15.1 Å². The Morgan fingerprint density at radius 3 is 2.94 bits per heavy atom. The molecular weight excluding hydrogens is 250 g/mol. The van der Waals surface area contributed by atoms with Crippen molar-refractivity contribution < 1.29 is 4.74 Å². The first kappa shape index (κ1) is 12.7. The van der Waals surface area contributed by atoms with E-state index >= 15 is 0 Å². The number of hydrogen-bond acceptors (Lipinski definition) is 6. The zero-order chi connectivity index (χ0) is 13.0. The molecule has 2 aromatic heterocycles. The number of ether oxygens (including phenoxy) is 1. The molecule has 0 saturated heterocycles. The summed E-state index contributed by atoms with van der Waals surface area (Å²) >= 11 is 1.42. The van der Waals surface area contributed by atoms with Gasteiger partial charge in [-0.05, 0) is 30.3 Å². The second-order valence-electron chi connectivity index (χ2n) is 3.66. The Morgan fingerprint density at radius 1 is 1.44 bits per heavy atom. The molecule has 0 unspecified atom stereocenters. The normalized spacial score (nSPS) is 10.6. The van der Waals surface area contributed by atoms with Crippen LogP contribution in [0.1, 0.15) is 13.3 Å². The Balaban J connectivity index is 2.16. The van der Waals surface area contributed by atoms with E-state index in [0.29, 0.717) is 18.2 Å². The van der Waals surface area contributed by atoms with Gasteiger partial charge in [0.1, 0.15) is 11.4 Å². The summed E-state index contributed by atoms with van der Waals surface area (Å²) in [6.07, 6.45) is 2.43. The van der Waals surface area contributed by atoms with Crippen LogP contribution in [0.5, 0.6) is 5.88 Å². The molecule has 0 aliphatic rings. The van der Waals surface area contributed by atoms with E-state index in [-0.39, 0.29) is 0 Å². The maximum Gasteiger partial charge on any atom is 0.238 e. The highest BCUT2D eigenvalue weighted by Gasteiger charge is 2.08. The molecular formula is C11H15N5OS. The van der Waals surface area contributed by atoms with Crippen molar-refractivity contribution in [2.75, 3.05) is 12.3 Å². The summed E-state index contributed by atoms with van der Waals surface area (Å²) in [7, 11) is 1.83. The fourth-order valence-electron chi connectivity index (χ4n) is 1.28. The van der Waals surface area contributed by atoms with Crippen molar-refractivity contribution in [2.24, 2.45) is 7.05 Å². The van der Waals surface area contributed by atoms with E-state index in [9.17, 15) is 0 Å². The maximum atomic E-state index is 5.80. The largest absolute Gasteiger partial charge is 0.476 e. The lowest BCUT2D eigenvalue weighted by molar-refractivity contribution is 0.305. The first-order valence-corrected chi connectivity index (χ1v) is 6.43. The minimum absolute atomic E-state index is 0.476. The molecule has 2 N–H and O–H groups in total. The van der Waals surface area contributed by atoms with Crippen LogP contribution in [-0.4, -0.2) is 26.4 Å². The van der Waals surface area contributed by atoms with Crippen molar-refractivity contribution in [3.8, 4) is 5.88 Å². The van der Waals surface area contributed by atoms with Crippen molar-refractivity contribution >= 4 is 17.4 Å². The van der Waals surface area contributed by atoms with Gasteiger partial charge in [-0.2, -0.15) is 5.10 Å². The molecule has 2 aromatic rings. The molecule has 18 heavy (non-hydrogen) atoms. The highest BCUT2D eigenvalue weighted by atomic mass is 32.2. The minimum Gasteiger partial charge on any atom is -0.476 e. The van der Waals surface area contributed by atoms with Crippen LogP contribution in [0.4, 0.5) is 5.69 Å². The Bertz CT molecular complexity index is 528. The van der Waals surface area contributed by atoms with Crippen molar-refractivity contribution in [1.82, 2.24) is 19.7 Å². The molecule has 0 saturated carbocycles. The molecule has 0 bridgehead atoms. The van der Waals surface area contributed by atoms with Gasteiger partial charge in [-0.3, -0.25) is 0 Å². The van der Waals surface area contributed by atoms with Crippen LogP contribution in [0.2, 0.25) is 0 Å². The zero-order valence-electron chi connectivity index (χ0n) is 10.3. The van der Waals surface area contributed by atoms with Gasteiger partial charge in [-0.15, -0.1) is 0 Å². The molecule has 2 rings (SSSR count). The standard InChI is InChI=1S/C11H15N5OS/c1-3-6-17-10-8(12)4-5-9(15-10)18-11-13-7-14-16(11)2/h4-5,7H,3,6,12H2,1-2H3. The van der Waals surface area contributed by atoms with Gasteiger partial charge in [0.2, 0.25) is 5.88 Å². The summed E-state index contributed by atoms with van der Waals surface area (Å²) in [5, 5.41) is 5.56. The predicted molar refractivity (Wildman–Crippen MR) is 69.6 cm³/mol. The second kappa shape index (κ2) is 5.72. The number of rotatable bonds is 5. The average molecular weight is 265 g/mol. The van der Waals surface area contributed by atoms with E-state index in [1.54, 1.807) is 10.7 Å². The van der Waals surface area contributed by atoms with E-state index in [0.717, 1.165) is 16.6 Å². The Morgan fingerprint density at radius 2 is 2.28 bits per heavy atom. The summed E-state index contributed by atoms with van der Waals surface area (Å²) in [4.78, 5) is 8.49. The third-order valence-corrected chi connectivity index (χ3v) is 3.16. The van der Waals surface area contributed by atoms with Crippen LogP contribution >= 0.6 is 11.8 Å². The number of anilines is 1. The van der Waals surface area contributed by atoms with Gasteiger partial charge in [-0.1, -0.05) is 6.92 Å². The number of hydrogen-bond donors (Lipinski definition) is 1. The molecule has 0 atom stereocenters. The summed E-state index contributed by atoms with van der Waals surface area (Å²) in [6.45, 7) is 2.64. The molecule has 0 fully saturated rings. The Kier molecular flexibility index (Phi) is 4.03. The van der Waals surface area contributed by atoms with Crippen LogP contribution in [0, 0.1) is 0 Å². The first-order valence-electron chi connectivity index (χ1n) is 5.62. The summed E-state index contributed by atoms with van der Waals surface area (Å²) in [5.41, 5.74) is 6.35. The van der Waals surface area contributed by atoms with Gasteiger partial charge in [-0.25, -0.2) is 14.6 Å². The van der Waals surface area contributed by atoms with E-state index in [1.807, 2.05) is 20.0 Å². The van der Waals surface area contributed by atoms with Crippen molar-refractivity contribution in [3.63, 3.8) is 0 Å². The SMILES string of the molecule is CCCOc1nc(Sc2ncnn2C)ccc1N. The van der Waals surface area contributed by atoms with Crippen LogP contribution in [0.3, 0.4) is 0 Å². The average Bonchev–Trinajstić information content (AvgIpc) is 2.76. The number of nitrogen functional groups attached to an aromatic ring is 1. The Hall–Kier alpha value is -1.76. The van der Waals surface area contributed by atoms with Gasteiger partial charge >= 0.3 is 0 Å². The topological polar surface area (TPSA) is 78.9 Å². The predicted octanol–water partition coefficient (Wildman–Crippen LogP) is 1.73. The lowest BCUT2D eigenvalue weighted by Gasteiger charge is -2.08. The molecule has 0 spiro atoms. The monoisotopic (exact) mass is 265 g/mol. The lowest BCUT2D eigenvalue weighted by Crippen LogP contribution is -2.02. The highest BCUT2D eigenvalue weighted by Crippen LogP contribution is 2.28. The van der Waals surface area contributed by atoms with Crippen molar-refractivity contribution in [2.45, 2.75) is 23.5 Å². The van der Waals surface area contributed by atoms with Crippen molar-refractivity contribution in [3.05, 3.63) is 18.5 Å². The molecule has 0 radical (unpaired) electrons. The van der Waals surface area contributed by atoms with Crippen LogP contribution in [0.15, 0.2) is 28.6 Å². The summed E-state index contributed by atoms with van der Waals surface area (Å²) in [6, 6.07) is 3.63. The van der Waals surface area contributed by atoms with Gasteiger partial charge in [0.25, 0.3) is 0 Å². The highest BCUT2D eigenvalue weighted by molar-refractivity contribution is 7.99. The fraction of sp³-hybridized carbons (Fsp3) is 0.364. The number of nitrogens with zero attached hydrogens (tertiary/aromatic N) is 4. The smallest absolute Gasteiger partial charge is 0.238 e. The maximum absolute atomic E-state index is 5.80. The molecule has 6 nitrogen and oxygen atoms in total. The molecule has 7 heteroatoms. The fourth-order valence-corrected chi connectivity index (χ4v) is 2.01. The molecule has 0 aliphatic carbocycles. The van der Waals surface area contributed by atoms with Crippen LogP contribution in [-0.2, 0) is 7.05 Å². The number of pyridine rings is 1. The number of aromatic nitrogens is 4. The molecule has 2 heterocycles. The summed E-state index contributed by atoms with van der Waals surface area (Å²) < 4.78 is 7.17. The molecule has 0 amide bonds. The zero-order valence-corrected chi connectivity index (χ0v) is 11.1. The van der Waals surface area contributed by atoms with Gasteiger partial charge in [0, 0.05) is 7.05 Å². The van der Waals surface area contributed by atoms with Gasteiger partial charge in [0.15, 0.2) is 5.16 Å². The van der Waals surface area contributed by atoms with E-state index < -0.39 is 0 Å². The van der Waals surface area contributed by atoms with Crippen LogP contribution in [0.25, 0.3) is 0 Å². The second-order valence-corrected chi connectivity index (χ2v) is 4.65. The third-order valence-electron chi connectivity index (χ3n) is 2.17. The minimum atomic E-state index is 0.476. The van der Waals surface area contributed by atoms with E-state index in [1.165, 1.54) is 18.1 Å². The van der Waals surface area contributed by atoms with E-state index in [4.69, 9.17) is 10.5 Å². The number of nitrogens with two attached hydrogens (primary N) is 1. The van der Waals surface area contributed by atoms with Gasteiger partial charge < -0.3 is 10.5 Å². The summed E-state index contributed by atoms with van der Waals surface area (Å²) in [5.74, 6) is 0.476. The third kappa shape index (κ3) is 2.92. The quantitative estimate of drug-likeness (QED) is 0.887.